The number of alkyl halides is 6. The van der Waals surface area contributed by atoms with Gasteiger partial charge in [0.2, 0.25) is 0 Å². The van der Waals surface area contributed by atoms with E-state index in [1.165, 1.54) is 0 Å². The molecule has 0 bridgehead atoms. The van der Waals surface area contributed by atoms with Gasteiger partial charge < -0.3 is 0 Å². The zero-order chi connectivity index (χ0) is 18.2. The highest BCUT2D eigenvalue weighted by Gasteiger charge is 2.41. The van der Waals surface area contributed by atoms with Gasteiger partial charge >= 0.3 is 12.4 Å². The van der Waals surface area contributed by atoms with Gasteiger partial charge in [-0.1, -0.05) is 31.9 Å². The summed E-state index contributed by atoms with van der Waals surface area (Å²) < 4.78 is 74.6. The van der Waals surface area contributed by atoms with Crippen molar-refractivity contribution in [3.63, 3.8) is 0 Å². The lowest BCUT2D eigenvalue weighted by atomic mass is 9.84. The monoisotopic (exact) mass is 336 g/mol. The SMILES string of the molecule is C=C1C=C(C(=O)C(=C)C(F)(F)F)C=CC1C(=O)C(=C)C(F)(F)F. The molecule has 0 N–H and O–H groups in total. The van der Waals surface area contributed by atoms with E-state index in [0.29, 0.717) is 0 Å². The summed E-state index contributed by atoms with van der Waals surface area (Å²) in [5, 5.41) is 0. The van der Waals surface area contributed by atoms with Crippen LogP contribution in [0.3, 0.4) is 0 Å². The predicted molar refractivity (Wildman–Crippen MR) is 70.3 cm³/mol. The Bertz CT molecular complexity index is 658. The lowest BCUT2D eigenvalue weighted by Crippen LogP contribution is -2.27. The minimum absolute atomic E-state index is 0.249. The third-order valence-corrected chi connectivity index (χ3v) is 3.01. The molecule has 1 unspecified atom stereocenters. The van der Waals surface area contributed by atoms with Gasteiger partial charge in [-0.2, -0.15) is 26.3 Å². The third kappa shape index (κ3) is 4.08. The highest BCUT2D eigenvalue weighted by atomic mass is 19.4. The molecule has 0 spiro atoms. The maximum Gasteiger partial charge on any atom is 0.419 e. The van der Waals surface area contributed by atoms with E-state index in [9.17, 15) is 35.9 Å². The van der Waals surface area contributed by atoms with Gasteiger partial charge in [0.25, 0.3) is 0 Å². The Balaban J connectivity index is 3.00. The van der Waals surface area contributed by atoms with Crippen LogP contribution in [0.5, 0.6) is 0 Å². The van der Waals surface area contributed by atoms with Gasteiger partial charge in [-0.05, 0) is 11.6 Å². The molecule has 1 atom stereocenters. The molecule has 124 valence electrons. The van der Waals surface area contributed by atoms with Crippen LogP contribution in [-0.2, 0) is 9.59 Å². The molecule has 0 aromatic rings. The fraction of sp³-hybridized carbons (Fsp3) is 0.200. The van der Waals surface area contributed by atoms with Crippen LogP contribution in [0.25, 0.3) is 0 Å². The maximum absolute atomic E-state index is 12.4. The molecule has 1 aliphatic rings. The number of carbonyl (C=O) groups excluding carboxylic acids is 2. The van der Waals surface area contributed by atoms with Crippen LogP contribution in [0.4, 0.5) is 26.3 Å². The molecule has 0 heterocycles. The molecular weight excluding hydrogens is 326 g/mol. The number of ketones is 2. The van der Waals surface area contributed by atoms with E-state index >= 15 is 0 Å². The molecule has 8 heteroatoms. The predicted octanol–water partition coefficient (Wildman–Crippen LogP) is 4.03. The highest BCUT2D eigenvalue weighted by Crippen LogP contribution is 2.33. The van der Waals surface area contributed by atoms with Crippen molar-refractivity contribution in [2.24, 2.45) is 5.92 Å². The Morgan fingerprint density at radius 3 is 1.83 bits per heavy atom. The average molecular weight is 336 g/mol. The number of halogens is 6. The largest absolute Gasteiger partial charge is 0.419 e. The molecule has 23 heavy (non-hydrogen) atoms. The summed E-state index contributed by atoms with van der Waals surface area (Å²) in [4.78, 5) is 23.3. The number of carbonyl (C=O) groups is 2. The summed E-state index contributed by atoms with van der Waals surface area (Å²) in [7, 11) is 0. The van der Waals surface area contributed by atoms with E-state index in [2.05, 4.69) is 19.7 Å². The molecule has 0 amide bonds. The smallest absolute Gasteiger partial charge is 0.293 e. The van der Waals surface area contributed by atoms with Gasteiger partial charge in [-0.25, -0.2) is 0 Å². The Morgan fingerprint density at radius 2 is 1.43 bits per heavy atom. The Hall–Kier alpha value is -2.38. The Morgan fingerprint density at radius 1 is 0.957 bits per heavy atom. The molecule has 0 aromatic carbocycles. The van der Waals surface area contributed by atoms with Crippen LogP contribution < -0.4 is 0 Å². The molecular formula is C15H10F6O2. The first kappa shape index (κ1) is 18.7. The molecule has 0 radical (unpaired) electrons. The zero-order valence-electron chi connectivity index (χ0n) is 11.5. The van der Waals surface area contributed by atoms with Crippen molar-refractivity contribution in [1.82, 2.24) is 0 Å². The summed E-state index contributed by atoms with van der Waals surface area (Å²) in [6, 6.07) is 0. The van der Waals surface area contributed by atoms with E-state index in [1.54, 1.807) is 0 Å². The number of allylic oxidation sites excluding steroid dienone is 7. The van der Waals surface area contributed by atoms with Crippen LogP contribution in [-0.4, -0.2) is 23.9 Å². The van der Waals surface area contributed by atoms with Crippen molar-refractivity contribution in [3.05, 3.63) is 60.3 Å². The lowest BCUT2D eigenvalue weighted by molar-refractivity contribution is -0.130. The van der Waals surface area contributed by atoms with Gasteiger partial charge in [-0.15, -0.1) is 0 Å². The number of rotatable bonds is 4. The molecule has 0 aromatic heterocycles. The quantitative estimate of drug-likeness (QED) is 0.574. The van der Waals surface area contributed by atoms with E-state index in [1.807, 2.05) is 0 Å². The van der Waals surface area contributed by atoms with E-state index in [-0.39, 0.29) is 5.57 Å². The first-order valence-corrected chi connectivity index (χ1v) is 5.96. The Kier molecular flexibility index (Phi) is 4.88. The normalized spacial score (nSPS) is 18.4. The summed E-state index contributed by atoms with van der Waals surface area (Å²) in [5.74, 6) is -4.29. The second-order valence-electron chi connectivity index (χ2n) is 4.66. The number of Topliss-reactive ketones (excluding diaryl/α,β-unsaturated/α-hetero) is 2. The summed E-state index contributed by atoms with van der Waals surface area (Å²) in [6.07, 6.45) is -7.34. The van der Waals surface area contributed by atoms with Crippen LogP contribution in [0.15, 0.2) is 60.3 Å². The average Bonchev–Trinajstić information content (AvgIpc) is 2.42. The van der Waals surface area contributed by atoms with Crippen molar-refractivity contribution >= 4 is 11.6 Å². The molecule has 1 rings (SSSR count). The molecule has 1 aliphatic carbocycles. The second kappa shape index (κ2) is 6.02. The van der Waals surface area contributed by atoms with E-state index < -0.39 is 46.6 Å². The zero-order valence-corrected chi connectivity index (χ0v) is 11.5. The molecule has 0 saturated carbocycles. The Labute approximate surface area is 127 Å². The van der Waals surface area contributed by atoms with Crippen LogP contribution in [0.1, 0.15) is 0 Å². The number of hydrogen-bond donors (Lipinski definition) is 0. The van der Waals surface area contributed by atoms with Gasteiger partial charge in [0.1, 0.15) is 0 Å². The van der Waals surface area contributed by atoms with Gasteiger partial charge in [-0.3, -0.25) is 9.59 Å². The molecule has 0 saturated heterocycles. The summed E-state index contributed by atoms with van der Waals surface area (Å²) >= 11 is 0. The molecule has 0 aliphatic heterocycles. The first-order valence-electron chi connectivity index (χ1n) is 5.96. The van der Waals surface area contributed by atoms with Crippen molar-refractivity contribution in [1.29, 1.82) is 0 Å². The van der Waals surface area contributed by atoms with E-state index in [4.69, 9.17) is 0 Å². The van der Waals surface area contributed by atoms with Crippen molar-refractivity contribution < 1.29 is 35.9 Å². The van der Waals surface area contributed by atoms with Gasteiger partial charge in [0.15, 0.2) is 11.6 Å². The first-order chi connectivity index (χ1) is 10.3. The third-order valence-electron chi connectivity index (χ3n) is 3.01. The topological polar surface area (TPSA) is 34.1 Å². The minimum atomic E-state index is -4.94. The molecule has 0 fully saturated rings. The van der Waals surface area contributed by atoms with Crippen molar-refractivity contribution in [3.8, 4) is 0 Å². The van der Waals surface area contributed by atoms with Crippen LogP contribution >= 0.6 is 0 Å². The fourth-order valence-corrected chi connectivity index (χ4v) is 1.69. The fourth-order valence-electron chi connectivity index (χ4n) is 1.69. The van der Waals surface area contributed by atoms with Crippen LogP contribution in [0, 0.1) is 5.92 Å². The second-order valence-corrected chi connectivity index (χ2v) is 4.66. The van der Waals surface area contributed by atoms with Gasteiger partial charge in [0.05, 0.1) is 17.1 Å². The maximum atomic E-state index is 12.4. The lowest BCUT2D eigenvalue weighted by Gasteiger charge is -2.20. The minimum Gasteiger partial charge on any atom is -0.293 e. The highest BCUT2D eigenvalue weighted by molar-refractivity contribution is 6.12. The summed E-state index contributed by atoms with van der Waals surface area (Å²) in [6.45, 7) is 8.60. The van der Waals surface area contributed by atoms with E-state index in [0.717, 1.165) is 18.2 Å². The van der Waals surface area contributed by atoms with Crippen LogP contribution in [0.2, 0.25) is 0 Å². The van der Waals surface area contributed by atoms with Crippen molar-refractivity contribution in [2.45, 2.75) is 12.4 Å². The summed E-state index contributed by atoms with van der Waals surface area (Å²) in [5.41, 5.74) is -3.97. The van der Waals surface area contributed by atoms with Gasteiger partial charge in [0, 0.05) is 5.57 Å². The number of hydrogen-bond acceptors (Lipinski definition) is 2. The standard InChI is InChI=1S/C15H10F6O2/c1-7-6-10(12(22)8(2)14(16,17)18)4-5-11(7)13(23)9(3)15(19,20)21/h4-6,11H,1-3H2. The van der Waals surface area contributed by atoms with Crippen molar-refractivity contribution in [2.75, 3.05) is 0 Å². The molecule has 2 nitrogen and oxygen atoms in total.